The molecule has 4 heteroatoms. The van der Waals surface area contributed by atoms with Crippen LogP contribution in [0.1, 0.15) is 26.2 Å². The highest BCUT2D eigenvalue weighted by atomic mass is 28.3. The molecular weight excluding hydrogens is 244 g/mol. The van der Waals surface area contributed by atoms with E-state index in [1.165, 1.54) is 0 Å². The zero-order chi connectivity index (χ0) is 13.6. The summed E-state index contributed by atoms with van der Waals surface area (Å²) in [5, 5.41) is 0. The average Bonchev–Trinajstić information content (AvgIpc) is 3.05. The van der Waals surface area contributed by atoms with Crippen LogP contribution in [-0.4, -0.2) is 33.4 Å². The van der Waals surface area contributed by atoms with Gasteiger partial charge in [-0.05, 0) is 32.2 Å². The van der Waals surface area contributed by atoms with Crippen LogP contribution >= 0.6 is 0 Å². The molecule has 1 heterocycles. The van der Waals surface area contributed by atoms with Gasteiger partial charge in [0.15, 0.2) is 0 Å². The minimum absolute atomic E-state index is 0.123. The number of hydrogen-bond donors (Lipinski definition) is 0. The first kappa shape index (κ1) is 15.4. The quantitative estimate of drug-likeness (QED) is 0.223. The van der Waals surface area contributed by atoms with Gasteiger partial charge in [0.25, 0.3) is 0 Å². The molecule has 0 radical (unpaired) electrons. The fraction of sp³-hybridized carbons (Fsp3) is 0.786. The summed E-state index contributed by atoms with van der Waals surface area (Å²) >= 11 is 0. The maximum Gasteiger partial charge on any atom is 0.333 e. The summed E-state index contributed by atoms with van der Waals surface area (Å²) in [5.74, 6) is -0.123. The molecule has 1 unspecified atom stereocenters. The molecule has 1 fully saturated rings. The summed E-state index contributed by atoms with van der Waals surface area (Å²) in [5.41, 5.74) is 0.882. The van der Waals surface area contributed by atoms with Crippen molar-refractivity contribution in [1.29, 1.82) is 0 Å². The van der Waals surface area contributed by atoms with Crippen molar-refractivity contribution in [3.8, 4) is 0 Å². The van der Waals surface area contributed by atoms with Gasteiger partial charge in [-0.2, -0.15) is 0 Å². The molecule has 0 N–H and O–H groups in total. The first-order valence-corrected chi connectivity index (χ1v) is 10.6. The SMILES string of the molecule is CCOC(=O)/C(=C/CCCC1CO1)C[Si](C)(C)C. The number of ether oxygens (including phenoxy) is 2. The van der Waals surface area contributed by atoms with Crippen molar-refractivity contribution in [3.05, 3.63) is 11.6 Å². The molecule has 104 valence electrons. The Morgan fingerprint density at radius 2 is 2.11 bits per heavy atom. The molecule has 0 saturated carbocycles. The second-order valence-corrected chi connectivity index (χ2v) is 11.5. The molecule has 0 spiro atoms. The Balaban J connectivity index is 2.45. The number of unbranched alkanes of at least 4 members (excludes halogenated alkanes) is 1. The van der Waals surface area contributed by atoms with Gasteiger partial charge in [-0.25, -0.2) is 4.79 Å². The Kier molecular flexibility index (Phi) is 6.09. The lowest BCUT2D eigenvalue weighted by atomic mass is 10.1. The standard InChI is InChI=1S/C14H26O3Si/c1-5-16-14(15)12(11-18(2,3)4)8-6-7-9-13-10-17-13/h8,13H,5-7,9-11H2,1-4H3/b12-8+. The predicted molar refractivity (Wildman–Crippen MR) is 76.5 cm³/mol. The van der Waals surface area contributed by atoms with Crippen molar-refractivity contribution in [2.24, 2.45) is 0 Å². The van der Waals surface area contributed by atoms with Gasteiger partial charge in [0, 0.05) is 13.6 Å². The predicted octanol–water partition coefficient (Wildman–Crippen LogP) is 3.38. The molecule has 18 heavy (non-hydrogen) atoms. The molecule has 1 saturated heterocycles. The van der Waals surface area contributed by atoms with Gasteiger partial charge in [-0.3, -0.25) is 0 Å². The molecule has 0 aliphatic carbocycles. The summed E-state index contributed by atoms with van der Waals surface area (Å²) in [6.07, 6.45) is 5.73. The molecular formula is C14H26O3Si. The summed E-state index contributed by atoms with van der Waals surface area (Å²) in [4.78, 5) is 11.9. The third kappa shape index (κ3) is 6.96. The number of epoxide rings is 1. The van der Waals surface area contributed by atoms with Crippen LogP contribution in [0.4, 0.5) is 0 Å². The summed E-state index contributed by atoms with van der Waals surface area (Å²) in [6, 6.07) is 0.908. The number of hydrogen-bond acceptors (Lipinski definition) is 3. The molecule has 0 aromatic carbocycles. The van der Waals surface area contributed by atoms with Crippen LogP contribution in [0.25, 0.3) is 0 Å². The largest absolute Gasteiger partial charge is 0.463 e. The van der Waals surface area contributed by atoms with Crippen LogP contribution in [0.5, 0.6) is 0 Å². The van der Waals surface area contributed by atoms with Crippen molar-refractivity contribution in [2.45, 2.75) is 58.0 Å². The van der Waals surface area contributed by atoms with E-state index in [2.05, 4.69) is 25.7 Å². The molecule has 0 aromatic heterocycles. The smallest absolute Gasteiger partial charge is 0.333 e. The maximum absolute atomic E-state index is 11.9. The van der Waals surface area contributed by atoms with E-state index in [-0.39, 0.29) is 5.97 Å². The monoisotopic (exact) mass is 270 g/mol. The number of esters is 1. The second-order valence-electron chi connectivity index (χ2n) is 6.07. The second kappa shape index (κ2) is 7.09. The molecule has 3 nitrogen and oxygen atoms in total. The number of carbonyl (C=O) groups is 1. The van der Waals surface area contributed by atoms with Crippen LogP contribution in [0.3, 0.4) is 0 Å². The first-order chi connectivity index (χ1) is 8.42. The fourth-order valence-corrected chi connectivity index (χ4v) is 3.31. The Labute approximate surface area is 112 Å². The van der Waals surface area contributed by atoms with Gasteiger partial charge >= 0.3 is 5.97 Å². The van der Waals surface area contributed by atoms with Gasteiger partial charge in [-0.1, -0.05) is 25.7 Å². The van der Waals surface area contributed by atoms with Gasteiger partial charge in [-0.15, -0.1) is 0 Å². The van der Waals surface area contributed by atoms with E-state index in [4.69, 9.17) is 9.47 Å². The Hall–Kier alpha value is -0.613. The highest BCUT2D eigenvalue weighted by Gasteiger charge is 2.22. The van der Waals surface area contributed by atoms with Crippen LogP contribution in [-0.2, 0) is 14.3 Å². The lowest BCUT2D eigenvalue weighted by Crippen LogP contribution is -2.23. The van der Waals surface area contributed by atoms with Crippen molar-refractivity contribution in [1.82, 2.24) is 0 Å². The van der Waals surface area contributed by atoms with E-state index in [9.17, 15) is 4.79 Å². The Morgan fingerprint density at radius 1 is 1.44 bits per heavy atom. The molecule has 1 aliphatic heterocycles. The lowest BCUT2D eigenvalue weighted by molar-refractivity contribution is -0.138. The van der Waals surface area contributed by atoms with E-state index >= 15 is 0 Å². The van der Waals surface area contributed by atoms with Crippen molar-refractivity contribution in [3.63, 3.8) is 0 Å². The van der Waals surface area contributed by atoms with Crippen LogP contribution in [0, 0.1) is 0 Å². The van der Waals surface area contributed by atoms with Gasteiger partial charge < -0.3 is 9.47 Å². The van der Waals surface area contributed by atoms with Crippen LogP contribution in [0.2, 0.25) is 25.7 Å². The summed E-state index contributed by atoms with van der Waals surface area (Å²) in [7, 11) is -1.28. The number of allylic oxidation sites excluding steroid dienone is 1. The number of carbonyl (C=O) groups excluding carboxylic acids is 1. The Bertz CT molecular complexity index is 301. The minimum atomic E-state index is -1.28. The van der Waals surface area contributed by atoms with E-state index in [1.54, 1.807) is 0 Å². The average molecular weight is 270 g/mol. The van der Waals surface area contributed by atoms with Crippen molar-refractivity contribution < 1.29 is 14.3 Å². The zero-order valence-electron chi connectivity index (χ0n) is 12.1. The maximum atomic E-state index is 11.9. The third-order valence-corrected chi connectivity index (χ3v) is 4.22. The van der Waals surface area contributed by atoms with Crippen LogP contribution in [0.15, 0.2) is 11.6 Å². The van der Waals surface area contributed by atoms with Gasteiger partial charge in [0.05, 0.1) is 19.3 Å². The number of rotatable bonds is 8. The molecule has 0 bridgehead atoms. The summed E-state index contributed by atoms with van der Waals surface area (Å²) < 4.78 is 10.3. The van der Waals surface area contributed by atoms with E-state index < -0.39 is 8.07 Å². The summed E-state index contributed by atoms with van der Waals surface area (Å²) in [6.45, 7) is 10.1. The van der Waals surface area contributed by atoms with Crippen molar-refractivity contribution >= 4 is 14.0 Å². The molecule has 1 rings (SSSR count). The zero-order valence-corrected chi connectivity index (χ0v) is 13.1. The fourth-order valence-electron chi connectivity index (χ4n) is 1.88. The van der Waals surface area contributed by atoms with E-state index in [0.29, 0.717) is 12.7 Å². The van der Waals surface area contributed by atoms with Crippen LogP contribution < -0.4 is 0 Å². The highest BCUT2D eigenvalue weighted by Crippen LogP contribution is 2.20. The van der Waals surface area contributed by atoms with E-state index in [0.717, 1.165) is 37.5 Å². The normalized spacial score (nSPS) is 19.8. The Morgan fingerprint density at radius 3 is 2.61 bits per heavy atom. The van der Waals surface area contributed by atoms with Crippen molar-refractivity contribution in [2.75, 3.05) is 13.2 Å². The first-order valence-electron chi connectivity index (χ1n) is 6.90. The third-order valence-electron chi connectivity index (χ3n) is 2.78. The molecule has 1 aliphatic rings. The van der Waals surface area contributed by atoms with Gasteiger partial charge in [0.2, 0.25) is 0 Å². The molecule has 1 atom stereocenters. The van der Waals surface area contributed by atoms with Gasteiger partial charge in [0.1, 0.15) is 0 Å². The highest BCUT2D eigenvalue weighted by molar-refractivity contribution is 6.77. The molecule has 0 amide bonds. The molecule has 0 aromatic rings. The topological polar surface area (TPSA) is 38.8 Å². The van der Waals surface area contributed by atoms with E-state index in [1.807, 2.05) is 6.92 Å². The lowest BCUT2D eigenvalue weighted by Gasteiger charge is -2.17. The minimum Gasteiger partial charge on any atom is -0.463 e.